The van der Waals surface area contributed by atoms with Crippen molar-refractivity contribution >= 4 is 34.8 Å². The first-order valence-electron chi connectivity index (χ1n) is 13.9. The maximum atomic E-state index is 6.36. The molecule has 202 valence electrons. The molecule has 0 aliphatic heterocycles. The first kappa shape index (κ1) is 27.6. The third kappa shape index (κ3) is 6.30. The van der Waals surface area contributed by atoms with Gasteiger partial charge in [-0.05, 0) is 79.3 Å². The first-order valence-corrected chi connectivity index (χ1v) is 14.7. The quantitative estimate of drug-likeness (QED) is 0.211. The lowest BCUT2D eigenvalue weighted by molar-refractivity contribution is 0.225. The predicted molar refractivity (Wildman–Crippen MR) is 165 cm³/mol. The van der Waals surface area contributed by atoms with Crippen molar-refractivity contribution in [1.29, 1.82) is 0 Å². The van der Waals surface area contributed by atoms with E-state index in [4.69, 9.17) is 28.2 Å². The van der Waals surface area contributed by atoms with Crippen molar-refractivity contribution in [3.63, 3.8) is 0 Å². The Morgan fingerprint density at radius 1 is 1.00 bits per heavy atom. The topological polar surface area (TPSA) is 41.0 Å². The minimum Gasteiger partial charge on any atom is -0.324 e. The van der Waals surface area contributed by atoms with Crippen molar-refractivity contribution in [2.45, 2.75) is 57.9 Å². The summed E-state index contributed by atoms with van der Waals surface area (Å²) in [5.74, 6) is 0.779. The fraction of sp³-hybridized carbons (Fsp3) is 0.333. The van der Waals surface area contributed by atoms with Gasteiger partial charge in [-0.15, -0.1) is 0 Å². The van der Waals surface area contributed by atoms with Crippen molar-refractivity contribution in [3.8, 4) is 11.3 Å². The SMILES string of the molecule is CCCC(CC)N(C)CCc1ccc(Nc2ncc3c(n2)-c2ccccc2C(c2ccc(Cl)c(Cl)c2)C3)cc1. The Bertz CT molecular complexity index is 1420. The van der Waals surface area contributed by atoms with E-state index in [-0.39, 0.29) is 5.92 Å². The van der Waals surface area contributed by atoms with Crippen molar-refractivity contribution in [1.82, 2.24) is 14.9 Å². The number of anilines is 2. The van der Waals surface area contributed by atoms with Crippen molar-refractivity contribution < 1.29 is 0 Å². The molecule has 4 nitrogen and oxygen atoms in total. The molecular weight excluding hydrogens is 523 g/mol. The van der Waals surface area contributed by atoms with Gasteiger partial charge in [-0.25, -0.2) is 9.97 Å². The molecule has 0 saturated carbocycles. The maximum Gasteiger partial charge on any atom is 0.227 e. The zero-order valence-corrected chi connectivity index (χ0v) is 24.4. The number of hydrogen-bond acceptors (Lipinski definition) is 4. The van der Waals surface area contributed by atoms with Gasteiger partial charge in [-0.3, -0.25) is 0 Å². The number of fused-ring (bicyclic) bond motifs is 3. The molecule has 0 radical (unpaired) electrons. The molecule has 6 heteroatoms. The summed E-state index contributed by atoms with van der Waals surface area (Å²) in [5.41, 5.74) is 7.96. The molecule has 1 aliphatic carbocycles. The van der Waals surface area contributed by atoms with Crippen LogP contribution in [0.15, 0.2) is 72.9 Å². The van der Waals surface area contributed by atoms with Crippen molar-refractivity contribution in [3.05, 3.63) is 105 Å². The second-order valence-electron chi connectivity index (χ2n) is 10.5. The summed E-state index contributed by atoms with van der Waals surface area (Å²) in [6.07, 6.45) is 7.51. The summed E-state index contributed by atoms with van der Waals surface area (Å²) in [7, 11) is 2.25. The van der Waals surface area contributed by atoms with E-state index in [0.717, 1.165) is 47.5 Å². The molecule has 0 spiro atoms. The van der Waals surface area contributed by atoms with Crippen LogP contribution in [0, 0.1) is 0 Å². The van der Waals surface area contributed by atoms with Gasteiger partial charge in [-0.1, -0.05) is 85.9 Å². The molecule has 2 atom stereocenters. The number of aromatic nitrogens is 2. The summed E-state index contributed by atoms with van der Waals surface area (Å²) in [5, 5.41) is 4.56. The lowest BCUT2D eigenvalue weighted by Crippen LogP contribution is -2.32. The van der Waals surface area contributed by atoms with E-state index in [9.17, 15) is 0 Å². The molecule has 39 heavy (non-hydrogen) atoms. The van der Waals surface area contributed by atoms with Crippen LogP contribution in [0.5, 0.6) is 0 Å². The van der Waals surface area contributed by atoms with Crippen LogP contribution in [0.1, 0.15) is 61.3 Å². The zero-order chi connectivity index (χ0) is 27.4. The number of halogens is 2. The molecule has 1 N–H and O–H groups in total. The molecule has 0 saturated heterocycles. The normalized spacial score (nSPS) is 15.1. The average Bonchev–Trinajstić information content (AvgIpc) is 2.96. The molecule has 3 aromatic carbocycles. The molecule has 0 amide bonds. The monoisotopic (exact) mass is 558 g/mol. The minimum absolute atomic E-state index is 0.173. The third-order valence-electron chi connectivity index (χ3n) is 7.91. The van der Waals surface area contributed by atoms with Crippen LogP contribution in [0.25, 0.3) is 11.3 Å². The Morgan fingerprint density at radius 3 is 2.54 bits per heavy atom. The van der Waals surface area contributed by atoms with E-state index in [1.54, 1.807) is 0 Å². The van der Waals surface area contributed by atoms with Crippen molar-refractivity contribution in [2.75, 3.05) is 18.9 Å². The summed E-state index contributed by atoms with van der Waals surface area (Å²) in [6, 6.07) is 23.7. The van der Waals surface area contributed by atoms with Crippen LogP contribution in [-0.4, -0.2) is 34.5 Å². The highest BCUT2D eigenvalue weighted by Crippen LogP contribution is 2.43. The second-order valence-corrected chi connectivity index (χ2v) is 11.3. The van der Waals surface area contributed by atoms with Crippen LogP contribution in [0.4, 0.5) is 11.6 Å². The van der Waals surface area contributed by atoms with Crippen molar-refractivity contribution in [2.24, 2.45) is 0 Å². The van der Waals surface area contributed by atoms with Crippen LogP contribution >= 0.6 is 23.2 Å². The van der Waals surface area contributed by atoms with Gasteiger partial charge in [0.15, 0.2) is 0 Å². The number of nitrogens with zero attached hydrogens (tertiary/aromatic N) is 3. The predicted octanol–water partition coefficient (Wildman–Crippen LogP) is 8.94. The van der Waals surface area contributed by atoms with Crippen LogP contribution in [0.2, 0.25) is 10.0 Å². The Balaban J connectivity index is 1.30. The fourth-order valence-corrected chi connectivity index (χ4v) is 5.97. The minimum atomic E-state index is 0.173. The first-order chi connectivity index (χ1) is 19.0. The van der Waals surface area contributed by atoms with Gasteiger partial charge in [0.25, 0.3) is 0 Å². The molecule has 2 unspecified atom stereocenters. The number of benzene rings is 3. The Hall–Kier alpha value is -2.92. The molecular formula is C33H36Cl2N4. The van der Waals surface area contributed by atoms with Crippen LogP contribution in [0.3, 0.4) is 0 Å². The molecule has 1 aliphatic rings. The lowest BCUT2D eigenvalue weighted by atomic mass is 9.78. The van der Waals surface area contributed by atoms with E-state index < -0.39 is 0 Å². The standard InChI is InChI=1S/C33H36Cl2N4/c1-4-8-26(5-2)39(3)18-17-22-11-14-25(15-12-22)37-33-36-21-24-19-29(23-13-16-30(34)31(35)20-23)27-9-6-7-10-28(27)32(24)38-33/h6-7,9-16,20-21,26,29H,4-5,8,17-19H2,1-3H3,(H,36,37,38). The molecule has 5 rings (SSSR count). The van der Waals surface area contributed by atoms with Gasteiger partial charge < -0.3 is 10.2 Å². The number of likely N-dealkylation sites (N-methyl/N-ethyl adjacent to an activating group) is 1. The van der Waals surface area contributed by atoms with Gasteiger partial charge in [0.05, 0.1) is 15.7 Å². The molecule has 1 heterocycles. The molecule has 1 aromatic heterocycles. The van der Waals surface area contributed by atoms with Gasteiger partial charge in [-0.2, -0.15) is 0 Å². The molecule has 4 aromatic rings. The summed E-state index contributed by atoms with van der Waals surface area (Å²) in [6.45, 7) is 5.62. The summed E-state index contributed by atoms with van der Waals surface area (Å²) >= 11 is 12.6. The molecule has 0 bridgehead atoms. The van der Waals surface area contributed by atoms with Crippen LogP contribution in [-0.2, 0) is 12.8 Å². The number of nitrogens with one attached hydrogen (secondary N) is 1. The van der Waals surface area contributed by atoms with Crippen LogP contribution < -0.4 is 5.32 Å². The van der Waals surface area contributed by atoms with Gasteiger partial charge in [0.2, 0.25) is 5.95 Å². The maximum absolute atomic E-state index is 6.36. The Kier molecular flexibility index (Phi) is 8.86. The number of rotatable bonds is 10. The van der Waals surface area contributed by atoms with E-state index in [1.165, 1.54) is 30.4 Å². The van der Waals surface area contributed by atoms with Gasteiger partial charge >= 0.3 is 0 Å². The van der Waals surface area contributed by atoms with Gasteiger partial charge in [0.1, 0.15) is 0 Å². The summed E-state index contributed by atoms with van der Waals surface area (Å²) < 4.78 is 0. The van der Waals surface area contributed by atoms with E-state index in [1.807, 2.05) is 18.3 Å². The zero-order valence-electron chi connectivity index (χ0n) is 22.9. The Labute approximate surface area is 242 Å². The van der Waals surface area contributed by atoms with E-state index in [0.29, 0.717) is 22.0 Å². The third-order valence-corrected chi connectivity index (χ3v) is 8.64. The fourth-order valence-electron chi connectivity index (χ4n) is 5.66. The lowest BCUT2D eigenvalue weighted by Gasteiger charge is -2.27. The largest absolute Gasteiger partial charge is 0.324 e. The second kappa shape index (κ2) is 12.5. The summed E-state index contributed by atoms with van der Waals surface area (Å²) in [4.78, 5) is 12.1. The smallest absolute Gasteiger partial charge is 0.227 e. The molecule has 0 fully saturated rings. The Morgan fingerprint density at radius 2 is 1.79 bits per heavy atom. The van der Waals surface area contributed by atoms with Gasteiger partial charge in [0, 0.05) is 36.0 Å². The van der Waals surface area contributed by atoms with E-state index >= 15 is 0 Å². The highest BCUT2D eigenvalue weighted by molar-refractivity contribution is 6.42. The average molecular weight is 560 g/mol. The number of hydrogen-bond donors (Lipinski definition) is 1. The highest BCUT2D eigenvalue weighted by atomic mass is 35.5. The van der Waals surface area contributed by atoms with E-state index in [2.05, 4.69) is 90.7 Å². The highest BCUT2D eigenvalue weighted by Gasteiger charge is 2.27.